The molecule has 0 N–H and O–H groups in total. The molecule has 0 unspecified atom stereocenters. The van der Waals surface area contributed by atoms with Crippen LogP contribution in [0.25, 0.3) is 11.6 Å². The van der Waals surface area contributed by atoms with Crippen LogP contribution in [-0.4, -0.2) is 13.2 Å². The largest absolute Gasteiger partial charge is 0.493 e. The Bertz CT molecular complexity index is 978. The molecule has 0 bridgehead atoms. The second-order valence-corrected chi connectivity index (χ2v) is 6.55. The molecule has 3 nitrogen and oxygen atoms in total. The van der Waals surface area contributed by atoms with Crippen molar-refractivity contribution >= 4 is 11.6 Å². The highest BCUT2D eigenvalue weighted by atomic mass is 19.2. The molecule has 0 amide bonds. The van der Waals surface area contributed by atoms with Gasteiger partial charge in [-0.15, -0.1) is 0 Å². The lowest BCUT2D eigenvalue weighted by Gasteiger charge is -2.16. The third-order valence-electron chi connectivity index (χ3n) is 4.69. The van der Waals surface area contributed by atoms with Gasteiger partial charge >= 0.3 is 0 Å². The van der Waals surface area contributed by atoms with Crippen molar-refractivity contribution in [2.24, 2.45) is 0 Å². The number of allylic oxidation sites excluding steroid dienone is 1. The summed E-state index contributed by atoms with van der Waals surface area (Å²) in [5.74, 6) is -9.85. The van der Waals surface area contributed by atoms with Crippen molar-refractivity contribution in [3.63, 3.8) is 0 Å². The number of nitriles is 1. The van der Waals surface area contributed by atoms with Crippen LogP contribution >= 0.6 is 0 Å². The molecule has 2 aromatic rings. The van der Waals surface area contributed by atoms with Crippen molar-refractivity contribution in [3.05, 3.63) is 58.4 Å². The van der Waals surface area contributed by atoms with E-state index in [0.717, 1.165) is 31.8 Å². The number of methoxy groups -OCH3 is 1. The Morgan fingerprint density at radius 2 is 1.55 bits per heavy atom. The Kier molecular flexibility index (Phi) is 6.06. The lowest BCUT2D eigenvalue weighted by atomic mass is 10.0. The summed E-state index contributed by atoms with van der Waals surface area (Å²) in [6.45, 7) is 0. The molecule has 0 radical (unpaired) electrons. The molecule has 1 aliphatic carbocycles. The first-order valence-electron chi connectivity index (χ1n) is 8.85. The van der Waals surface area contributed by atoms with Crippen molar-refractivity contribution in [3.8, 4) is 17.6 Å². The van der Waals surface area contributed by atoms with Crippen molar-refractivity contribution < 1.29 is 31.4 Å². The van der Waals surface area contributed by atoms with Crippen LogP contribution in [0.1, 0.15) is 36.8 Å². The highest BCUT2D eigenvalue weighted by Gasteiger charge is 2.28. The van der Waals surface area contributed by atoms with Gasteiger partial charge in [0, 0.05) is 0 Å². The summed E-state index contributed by atoms with van der Waals surface area (Å²) < 4.78 is 79.5. The minimum Gasteiger partial charge on any atom is -0.493 e. The number of rotatable bonds is 5. The van der Waals surface area contributed by atoms with Crippen LogP contribution in [0.4, 0.5) is 22.0 Å². The van der Waals surface area contributed by atoms with E-state index in [1.165, 1.54) is 31.4 Å². The summed E-state index contributed by atoms with van der Waals surface area (Å²) in [5, 5.41) is 9.29. The third-order valence-corrected chi connectivity index (χ3v) is 4.69. The second kappa shape index (κ2) is 8.52. The molecule has 152 valence electrons. The number of hydrogen-bond donors (Lipinski definition) is 0. The molecule has 8 heteroatoms. The maximum atomic E-state index is 14.1. The van der Waals surface area contributed by atoms with Gasteiger partial charge < -0.3 is 9.47 Å². The van der Waals surface area contributed by atoms with Crippen molar-refractivity contribution in [2.75, 3.05) is 7.11 Å². The zero-order chi connectivity index (χ0) is 21.1. The highest BCUT2D eigenvalue weighted by Crippen LogP contribution is 2.34. The molecule has 1 aliphatic rings. The van der Waals surface area contributed by atoms with E-state index in [9.17, 15) is 27.2 Å². The predicted octanol–water partition coefficient (Wildman–Crippen LogP) is 5.78. The predicted molar refractivity (Wildman–Crippen MR) is 95.6 cm³/mol. The topological polar surface area (TPSA) is 42.2 Å². The van der Waals surface area contributed by atoms with E-state index in [4.69, 9.17) is 9.47 Å². The molecule has 1 saturated carbocycles. The van der Waals surface area contributed by atoms with Gasteiger partial charge in [0.15, 0.2) is 34.8 Å². The van der Waals surface area contributed by atoms with Gasteiger partial charge in [-0.05, 0) is 49.5 Å². The fourth-order valence-corrected chi connectivity index (χ4v) is 3.23. The lowest BCUT2D eigenvalue weighted by molar-refractivity contribution is 0.201. The number of benzene rings is 2. The van der Waals surface area contributed by atoms with Gasteiger partial charge in [0.05, 0.1) is 30.4 Å². The second-order valence-electron chi connectivity index (χ2n) is 6.55. The monoisotopic (exact) mass is 409 g/mol. The molecule has 0 atom stereocenters. The van der Waals surface area contributed by atoms with E-state index < -0.39 is 40.2 Å². The smallest absolute Gasteiger partial charge is 0.200 e. The minimum atomic E-state index is -2.28. The molecule has 0 aliphatic heterocycles. The van der Waals surface area contributed by atoms with Gasteiger partial charge in [-0.1, -0.05) is 6.07 Å². The number of nitrogens with zero attached hydrogens (tertiary/aromatic N) is 1. The SMILES string of the molecule is COc1ccc(C=C(C#N)c2c(F)c(F)c(F)c(F)c2F)cc1OC1CCCC1. The first-order valence-corrected chi connectivity index (χ1v) is 8.85. The maximum absolute atomic E-state index is 14.1. The molecular weight excluding hydrogens is 393 g/mol. The summed E-state index contributed by atoms with van der Waals surface area (Å²) in [4.78, 5) is 0. The Labute approximate surface area is 164 Å². The van der Waals surface area contributed by atoms with Gasteiger partial charge in [0.1, 0.15) is 0 Å². The summed E-state index contributed by atoms with van der Waals surface area (Å²) in [6.07, 6.45) is 4.83. The molecule has 3 rings (SSSR count). The van der Waals surface area contributed by atoms with Crippen LogP contribution in [0, 0.1) is 40.4 Å². The van der Waals surface area contributed by atoms with E-state index in [1.54, 1.807) is 0 Å². The minimum absolute atomic E-state index is 0.00579. The molecule has 0 aromatic heterocycles. The average Bonchev–Trinajstić information content (AvgIpc) is 3.23. The average molecular weight is 409 g/mol. The van der Waals surface area contributed by atoms with Crippen LogP contribution in [-0.2, 0) is 0 Å². The normalized spacial score (nSPS) is 14.7. The first kappa shape index (κ1) is 20.6. The molecule has 2 aromatic carbocycles. The van der Waals surface area contributed by atoms with Gasteiger partial charge in [0.2, 0.25) is 5.82 Å². The van der Waals surface area contributed by atoms with Crippen molar-refractivity contribution in [1.82, 2.24) is 0 Å². The van der Waals surface area contributed by atoms with Crippen LogP contribution in [0.2, 0.25) is 0 Å². The van der Waals surface area contributed by atoms with Crippen LogP contribution < -0.4 is 9.47 Å². The van der Waals surface area contributed by atoms with Crippen LogP contribution in [0.3, 0.4) is 0 Å². The van der Waals surface area contributed by atoms with Crippen LogP contribution in [0.5, 0.6) is 11.5 Å². The van der Waals surface area contributed by atoms with E-state index in [0.29, 0.717) is 11.5 Å². The van der Waals surface area contributed by atoms with E-state index in [2.05, 4.69) is 0 Å². The summed E-state index contributed by atoms with van der Waals surface area (Å²) in [5.41, 5.74) is -1.72. The molecule has 0 heterocycles. The summed E-state index contributed by atoms with van der Waals surface area (Å²) >= 11 is 0. The number of ether oxygens (including phenoxy) is 2. The summed E-state index contributed by atoms with van der Waals surface area (Å²) in [6, 6.07) is 5.99. The van der Waals surface area contributed by atoms with Gasteiger partial charge in [0.25, 0.3) is 0 Å². The number of halogens is 5. The Morgan fingerprint density at radius 1 is 0.966 bits per heavy atom. The molecule has 0 spiro atoms. The van der Waals surface area contributed by atoms with Gasteiger partial charge in [-0.2, -0.15) is 5.26 Å². The zero-order valence-electron chi connectivity index (χ0n) is 15.4. The Balaban J connectivity index is 2.05. The van der Waals surface area contributed by atoms with Crippen molar-refractivity contribution in [1.29, 1.82) is 5.26 Å². The fraction of sp³-hybridized carbons (Fsp3) is 0.286. The van der Waals surface area contributed by atoms with E-state index in [-0.39, 0.29) is 11.7 Å². The number of hydrogen-bond acceptors (Lipinski definition) is 3. The Hall–Kier alpha value is -3.08. The van der Waals surface area contributed by atoms with Gasteiger partial charge in [-0.3, -0.25) is 0 Å². The highest BCUT2D eigenvalue weighted by molar-refractivity contribution is 5.90. The summed E-state index contributed by atoms with van der Waals surface area (Å²) in [7, 11) is 1.45. The van der Waals surface area contributed by atoms with E-state index in [1.807, 2.05) is 0 Å². The van der Waals surface area contributed by atoms with E-state index >= 15 is 0 Å². The fourth-order valence-electron chi connectivity index (χ4n) is 3.23. The van der Waals surface area contributed by atoms with Crippen molar-refractivity contribution in [2.45, 2.75) is 31.8 Å². The molecule has 0 saturated heterocycles. The zero-order valence-corrected chi connectivity index (χ0v) is 15.4. The lowest BCUT2D eigenvalue weighted by Crippen LogP contribution is -2.11. The quantitative estimate of drug-likeness (QED) is 0.207. The van der Waals surface area contributed by atoms with Crippen LogP contribution in [0.15, 0.2) is 18.2 Å². The molecule has 1 fully saturated rings. The third kappa shape index (κ3) is 4.04. The maximum Gasteiger partial charge on any atom is 0.200 e. The molecule has 29 heavy (non-hydrogen) atoms. The first-order chi connectivity index (χ1) is 13.9. The Morgan fingerprint density at radius 3 is 2.10 bits per heavy atom. The standard InChI is InChI=1S/C21H16F5NO2/c1-28-14-7-6-11(9-15(14)29-13-4-2-3-5-13)8-12(10-27)16-17(22)19(24)21(26)20(25)18(16)23/h6-9,13H,2-5H2,1H3. The molecular formula is C21H16F5NO2. The van der Waals surface area contributed by atoms with Gasteiger partial charge in [-0.25, -0.2) is 22.0 Å².